The molecule has 0 fully saturated rings. The molecule has 0 aliphatic carbocycles. The molecule has 16 heavy (non-hydrogen) atoms. The van der Waals surface area contributed by atoms with Crippen molar-refractivity contribution in [2.75, 3.05) is 7.11 Å². The molecule has 0 amide bonds. The first-order chi connectivity index (χ1) is 7.52. The molecule has 0 N–H and O–H groups in total. The summed E-state index contributed by atoms with van der Waals surface area (Å²) in [5.74, 6) is -0.939. The van der Waals surface area contributed by atoms with E-state index in [0.717, 1.165) is 20.0 Å². The minimum Gasteiger partial charge on any atom is -0.464 e. The van der Waals surface area contributed by atoms with E-state index in [0.29, 0.717) is 6.42 Å². The number of rotatable bonds is 8. The molecule has 92 valence electrons. The number of methoxy groups -OCH3 is 1. The van der Waals surface area contributed by atoms with Gasteiger partial charge in [0.15, 0.2) is 0 Å². The van der Waals surface area contributed by atoms with Crippen LogP contribution in [0.5, 0.6) is 0 Å². The van der Waals surface area contributed by atoms with E-state index < -0.39 is 16.9 Å². The molecular weight excluding hydrogens is 214 g/mol. The number of ketones is 1. The topological polar surface area (TPSA) is 86.5 Å². The van der Waals surface area contributed by atoms with E-state index in [9.17, 15) is 19.7 Å². The smallest absolute Gasteiger partial charge is 0.381 e. The number of nitro groups is 1. The Morgan fingerprint density at radius 2 is 2.00 bits per heavy atom. The molecule has 0 saturated carbocycles. The second-order valence-electron chi connectivity index (χ2n) is 3.51. The minimum atomic E-state index is -1.42. The summed E-state index contributed by atoms with van der Waals surface area (Å²) in [7, 11) is 1.09. The number of Topliss-reactive ketones (excluding diaryl/α,β-unsaturated/α-hetero) is 1. The third kappa shape index (κ3) is 5.43. The van der Waals surface area contributed by atoms with E-state index in [1.165, 1.54) is 0 Å². The maximum absolute atomic E-state index is 11.3. The zero-order valence-corrected chi connectivity index (χ0v) is 9.60. The fourth-order valence-corrected chi connectivity index (χ4v) is 1.24. The molecule has 0 aromatic carbocycles. The average molecular weight is 231 g/mol. The van der Waals surface area contributed by atoms with Gasteiger partial charge in [-0.3, -0.25) is 14.9 Å². The van der Waals surface area contributed by atoms with Crippen LogP contribution in [0.1, 0.15) is 39.0 Å². The number of hydrogen-bond donors (Lipinski definition) is 0. The highest BCUT2D eigenvalue weighted by atomic mass is 16.6. The van der Waals surface area contributed by atoms with Gasteiger partial charge in [0.25, 0.3) is 0 Å². The lowest BCUT2D eigenvalue weighted by molar-refractivity contribution is -0.511. The maximum Gasteiger partial charge on any atom is 0.381 e. The number of hydrogen-bond acceptors (Lipinski definition) is 5. The number of ether oxygens (including phenoxy) is 1. The van der Waals surface area contributed by atoms with Crippen LogP contribution in [0.3, 0.4) is 0 Å². The van der Waals surface area contributed by atoms with Gasteiger partial charge in [-0.1, -0.05) is 13.3 Å². The molecule has 1 unspecified atom stereocenters. The molecule has 0 rings (SSSR count). The average Bonchev–Trinajstić information content (AvgIpc) is 2.25. The first kappa shape index (κ1) is 14.5. The third-order valence-electron chi connectivity index (χ3n) is 2.23. The van der Waals surface area contributed by atoms with E-state index in [-0.39, 0.29) is 18.6 Å². The number of carbonyl (C=O) groups is 2. The van der Waals surface area contributed by atoms with E-state index in [4.69, 9.17) is 0 Å². The van der Waals surface area contributed by atoms with Crippen molar-refractivity contribution in [3.8, 4) is 0 Å². The largest absolute Gasteiger partial charge is 0.464 e. The van der Waals surface area contributed by atoms with Crippen LogP contribution in [0, 0.1) is 10.1 Å². The Balaban J connectivity index is 4.07. The predicted molar refractivity (Wildman–Crippen MR) is 56.6 cm³/mol. The van der Waals surface area contributed by atoms with Crippen LogP contribution in [-0.2, 0) is 14.3 Å². The summed E-state index contributed by atoms with van der Waals surface area (Å²) in [5.41, 5.74) is 0. The first-order valence-corrected chi connectivity index (χ1v) is 5.26. The lowest BCUT2D eigenvalue weighted by atomic mass is 10.1. The van der Waals surface area contributed by atoms with Crippen LogP contribution < -0.4 is 0 Å². The van der Waals surface area contributed by atoms with Gasteiger partial charge in [0, 0.05) is 24.2 Å². The molecule has 0 aliphatic rings. The SMILES string of the molecule is CCCCC(=O)CCC(C(=O)OC)[N+](=O)[O-]. The summed E-state index contributed by atoms with van der Waals surface area (Å²) >= 11 is 0. The number of unbranched alkanes of at least 4 members (excludes halogenated alkanes) is 1. The van der Waals surface area contributed by atoms with E-state index >= 15 is 0 Å². The van der Waals surface area contributed by atoms with Gasteiger partial charge in [-0.05, 0) is 6.42 Å². The van der Waals surface area contributed by atoms with Crippen molar-refractivity contribution in [1.29, 1.82) is 0 Å². The molecule has 0 aromatic heterocycles. The Labute approximate surface area is 94.1 Å². The predicted octanol–water partition coefficient (Wildman–Crippen LogP) is 1.34. The van der Waals surface area contributed by atoms with Crippen molar-refractivity contribution in [3.63, 3.8) is 0 Å². The van der Waals surface area contributed by atoms with Gasteiger partial charge in [0.05, 0.1) is 7.11 Å². The zero-order chi connectivity index (χ0) is 12.6. The molecule has 0 aliphatic heterocycles. The minimum absolute atomic E-state index is 0.0439. The first-order valence-electron chi connectivity index (χ1n) is 5.26. The lowest BCUT2D eigenvalue weighted by Crippen LogP contribution is -2.31. The van der Waals surface area contributed by atoms with Crippen molar-refractivity contribution in [1.82, 2.24) is 0 Å². The second-order valence-corrected chi connectivity index (χ2v) is 3.51. The molecule has 6 heteroatoms. The molecule has 1 atom stereocenters. The Morgan fingerprint density at radius 3 is 2.44 bits per heavy atom. The standard InChI is InChI=1S/C10H17NO5/c1-3-4-5-8(12)6-7-9(11(14)15)10(13)16-2/h9H,3-7H2,1-2H3. The summed E-state index contributed by atoms with van der Waals surface area (Å²) in [6.45, 7) is 1.96. The van der Waals surface area contributed by atoms with Crippen molar-refractivity contribution in [3.05, 3.63) is 10.1 Å². The van der Waals surface area contributed by atoms with E-state index in [1.54, 1.807) is 0 Å². The van der Waals surface area contributed by atoms with Gasteiger partial charge < -0.3 is 4.74 Å². The zero-order valence-electron chi connectivity index (χ0n) is 9.60. The van der Waals surface area contributed by atoms with Crippen LogP contribution >= 0.6 is 0 Å². The van der Waals surface area contributed by atoms with E-state index in [1.807, 2.05) is 6.92 Å². The lowest BCUT2D eigenvalue weighted by Gasteiger charge is -2.06. The summed E-state index contributed by atoms with van der Waals surface area (Å²) < 4.78 is 4.30. The van der Waals surface area contributed by atoms with E-state index in [2.05, 4.69) is 4.74 Å². The fraction of sp³-hybridized carbons (Fsp3) is 0.800. The van der Waals surface area contributed by atoms with Gasteiger partial charge in [0.1, 0.15) is 5.78 Å². The summed E-state index contributed by atoms with van der Waals surface area (Å²) in [6, 6.07) is -1.42. The Kier molecular flexibility index (Phi) is 7.07. The summed E-state index contributed by atoms with van der Waals surface area (Å²) in [5, 5.41) is 10.5. The molecule has 0 spiro atoms. The highest BCUT2D eigenvalue weighted by molar-refractivity contribution is 5.80. The van der Waals surface area contributed by atoms with Gasteiger partial charge in [-0.25, -0.2) is 4.79 Å². The van der Waals surface area contributed by atoms with Crippen molar-refractivity contribution in [2.45, 2.75) is 45.1 Å². The van der Waals surface area contributed by atoms with Gasteiger partial charge in [-0.2, -0.15) is 0 Å². The summed E-state index contributed by atoms with van der Waals surface area (Å²) in [6.07, 6.45) is 2.08. The molecule has 6 nitrogen and oxygen atoms in total. The Bertz CT molecular complexity index is 264. The molecular formula is C10H17NO5. The quantitative estimate of drug-likeness (QED) is 0.357. The number of nitrogens with zero attached hydrogens (tertiary/aromatic N) is 1. The van der Waals surface area contributed by atoms with Crippen LogP contribution in [0.25, 0.3) is 0 Å². The van der Waals surface area contributed by atoms with Gasteiger partial charge in [0.2, 0.25) is 0 Å². The molecule has 0 bridgehead atoms. The van der Waals surface area contributed by atoms with Crippen molar-refractivity contribution in [2.24, 2.45) is 0 Å². The third-order valence-corrected chi connectivity index (χ3v) is 2.23. The molecule has 0 radical (unpaired) electrons. The fourth-order valence-electron chi connectivity index (χ4n) is 1.24. The number of carbonyl (C=O) groups excluding carboxylic acids is 2. The molecule has 0 saturated heterocycles. The Morgan fingerprint density at radius 1 is 1.38 bits per heavy atom. The summed E-state index contributed by atoms with van der Waals surface area (Å²) in [4.78, 5) is 32.1. The second kappa shape index (κ2) is 7.78. The normalized spacial score (nSPS) is 11.9. The number of esters is 1. The van der Waals surface area contributed by atoms with Crippen LogP contribution in [-0.4, -0.2) is 29.8 Å². The monoisotopic (exact) mass is 231 g/mol. The van der Waals surface area contributed by atoms with Crippen LogP contribution in [0.4, 0.5) is 0 Å². The molecule has 0 heterocycles. The maximum atomic E-state index is 11.3. The highest BCUT2D eigenvalue weighted by Gasteiger charge is 2.30. The Hall–Kier alpha value is -1.46. The highest BCUT2D eigenvalue weighted by Crippen LogP contribution is 2.07. The van der Waals surface area contributed by atoms with Crippen LogP contribution in [0.2, 0.25) is 0 Å². The van der Waals surface area contributed by atoms with Gasteiger partial charge >= 0.3 is 12.0 Å². The van der Waals surface area contributed by atoms with Gasteiger partial charge in [-0.15, -0.1) is 0 Å². The van der Waals surface area contributed by atoms with Crippen LogP contribution in [0.15, 0.2) is 0 Å². The van der Waals surface area contributed by atoms with Crippen molar-refractivity contribution >= 4 is 11.8 Å². The molecule has 0 aromatic rings. The van der Waals surface area contributed by atoms with Crippen molar-refractivity contribution < 1.29 is 19.2 Å².